The SMILES string of the molecule is O=C(NCCOCCOCCNCC1CCCC1)C(F)(F)F. The number of alkyl halides is 3. The highest BCUT2D eigenvalue weighted by molar-refractivity contribution is 5.81. The van der Waals surface area contributed by atoms with Gasteiger partial charge in [-0.15, -0.1) is 0 Å². The lowest BCUT2D eigenvalue weighted by molar-refractivity contribution is -0.173. The zero-order valence-electron chi connectivity index (χ0n) is 12.7. The summed E-state index contributed by atoms with van der Waals surface area (Å²) < 4.78 is 45.9. The standard InChI is InChI=1S/C14H25F3N2O3/c15-14(16,17)13(20)19-6-8-22-10-9-21-7-5-18-11-12-3-1-2-4-12/h12,18H,1-11H2,(H,19,20). The van der Waals surface area contributed by atoms with E-state index in [1.807, 2.05) is 0 Å². The third kappa shape index (κ3) is 9.22. The number of nitrogens with one attached hydrogen (secondary N) is 2. The summed E-state index contributed by atoms with van der Waals surface area (Å²) in [7, 11) is 0. The van der Waals surface area contributed by atoms with Gasteiger partial charge in [0.15, 0.2) is 0 Å². The molecule has 0 radical (unpaired) electrons. The maximum absolute atomic E-state index is 11.8. The molecular weight excluding hydrogens is 301 g/mol. The molecule has 22 heavy (non-hydrogen) atoms. The van der Waals surface area contributed by atoms with Crippen LogP contribution in [0.5, 0.6) is 0 Å². The molecule has 1 amide bonds. The Morgan fingerprint density at radius 1 is 1.00 bits per heavy atom. The Morgan fingerprint density at radius 3 is 2.18 bits per heavy atom. The molecule has 2 N–H and O–H groups in total. The normalized spacial score (nSPS) is 16.1. The summed E-state index contributed by atoms with van der Waals surface area (Å²) in [5.74, 6) is -1.14. The van der Waals surface area contributed by atoms with Gasteiger partial charge in [-0.05, 0) is 25.3 Å². The molecule has 0 heterocycles. The molecule has 0 saturated heterocycles. The monoisotopic (exact) mass is 326 g/mol. The summed E-state index contributed by atoms with van der Waals surface area (Å²) in [4.78, 5) is 10.5. The van der Waals surface area contributed by atoms with Gasteiger partial charge in [-0.25, -0.2) is 0 Å². The van der Waals surface area contributed by atoms with Crippen LogP contribution in [-0.2, 0) is 14.3 Å². The van der Waals surface area contributed by atoms with Gasteiger partial charge in [0, 0.05) is 13.1 Å². The molecule has 1 rings (SSSR count). The quantitative estimate of drug-likeness (QED) is 0.565. The van der Waals surface area contributed by atoms with Crippen molar-refractivity contribution >= 4 is 5.91 Å². The van der Waals surface area contributed by atoms with E-state index in [-0.39, 0.29) is 13.2 Å². The molecule has 1 fully saturated rings. The first kappa shape index (κ1) is 19.2. The number of hydrogen-bond acceptors (Lipinski definition) is 4. The van der Waals surface area contributed by atoms with E-state index >= 15 is 0 Å². The first-order valence-corrected chi connectivity index (χ1v) is 7.71. The maximum atomic E-state index is 11.8. The lowest BCUT2D eigenvalue weighted by Gasteiger charge is -2.11. The van der Waals surface area contributed by atoms with Gasteiger partial charge in [-0.1, -0.05) is 12.8 Å². The number of halogens is 3. The Bertz CT molecular complexity index is 308. The second kappa shape index (κ2) is 10.8. The molecule has 0 aromatic rings. The zero-order chi connectivity index (χ0) is 16.3. The summed E-state index contributed by atoms with van der Waals surface area (Å²) in [5.41, 5.74) is 0. The lowest BCUT2D eigenvalue weighted by atomic mass is 10.1. The molecule has 1 aliphatic carbocycles. The first-order valence-electron chi connectivity index (χ1n) is 7.71. The van der Waals surface area contributed by atoms with Crippen molar-refractivity contribution in [2.45, 2.75) is 31.9 Å². The molecule has 5 nitrogen and oxygen atoms in total. The van der Waals surface area contributed by atoms with Crippen LogP contribution in [0, 0.1) is 5.92 Å². The Balaban J connectivity index is 1.77. The fraction of sp³-hybridized carbons (Fsp3) is 0.929. The Kier molecular flexibility index (Phi) is 9.42. The van der Waals surface area contributed by atoms with Crippen LogP contribution in [0.1, 0.15) is 25.7 Å². The number of carbonyl (C=O) groups excluding carboxylic acids is 1. The van der Waals surface area contributed by atoms with Crippen LogP contribution in [0.3, 0.4) is 0 Å². The topological polar surface area (TPSA) is 59.6 Å². The van der Waals surface area contributed by atoms with Crippen molar-refractivity contribution in [3.05, 3.63) is 0 Å². The van der Waals surface area contributed by atoms with E-state index in [9.17, 15) is 18.0 Å². The van der Waals surface area contributed by atoms with Gasteiger partial charge in [0.2, 0.25) is 0 Å². The summed E-state index contributed by atoms with van der Waals surface area (Å²) in [6.07, 6.45) is 0.459. The molecule has 1 aliphatic rings. The van der Waals surface area contributed by atoms with E-state index in [0.29, 0.717) is 19.8 Å². The number of amides is 1. The fourth-order valence-corrected chi connectivity index (χ4v) is 2.32. The Labute approximate surface area is 128 Å². The van der Waals surface area contributed by atoms with Crippen LogP contribution < -0.4 is 10.6 Å². The molecule has 0 aromatic heterocycles. The second-order valence-corrected chi connectivity index (χ2v) is 5.33. The number of rotatable bonds is 11. The average Bonchev–Trinajstić information content (AvgIpc) is 2.96. The smallest absolute Gasteiger partial charge is 0.378 e. The van der Waals surface area contributed by atoms with Crippen LogP contribution in [0.4, 0.5) is 13.2 Å². The molecule has 0 aliphatic heterocycles. The van der Waals surface area contributed by atoms with Crippen molar-refractivity contribution in [1.29, 1.82) is 0 Å². The first-order chi connectivity index (χ1) is 10.5. The third-order valence-electron chi connectivity index (χ3n) is 3.49. The van der Waals surface area contributed by atoms with Gasteiger partial charge < -0.3 is 20.1 Å². The van der Waals surface area contributed by atoms with Crippen LogP contribution in [0.15, 0.2) is 0 Å². The predicted octanol–water partition coefficient (Wildman–Crippen LogP) is 1.48. The van der Waals surface area contributed by atoms with Gasteiger partial charge in [-0.3, -0.25) is 4.79 Å². The van der Waals surface area contributed by atoms with Gasteiger partial charge in [-0.2, -0.15) is 13.2 Å². The van der Waals surface area contributed by atoms with Crippen molar-refractivity contribution < 1.29 is 27.4 Å². The van der Waals surface area contributed by atoms with Crippen LogP contribution in [0.2, 0.25) is 0 Å². The molecule has 0 atom stereocenters. The summed E-state index contributed by atoms with van der Waals surface area (Å²) in [6.45, 7) is 2.97. The van der Waals surface area contributed by atoms with Crippen LogP contribution >= 0.6 is 0 Å². The highest BCUT2D eigenvalue weighted by atomic mass is 19.4. The van der Waals surface area contributed by atoms with Crippen molar-refractivity contribution in [2.75, 3.05) is 46.1 Å². The third-order valence-corrected chi connectivity index (χ3v) is 3.49. The zero-order valence-corrected chi connectivity index (χ0v) is 12.7. The average molecular weight is 326 g/mol. The minimum atomic E-state index is -4.84. The minimum absolute atomic E-state index is 0.0328. The molecule has 8 heteroatoms. The van der Waals surface area contributed by atoms with E-state index in [0.717, 1.165) is 19.0 Å². The summed E-state index contributed by atoms with van der Waals surface area (Å²) in [5, 5.41) is 5.07. The highest BCUT2D eigenvalue weighted by Gasteiger charge is 2.38. The van der Waals surface area contributed by atoms with Crippen molar-refractivity contribution in [1.82, 2.24) is 10.6 Å². The van der Waals surface area contributed by atoms with E-state index in [1.54, 1.807) is 5.32 Å². The second-order valence-electron chi connectivity index (χ2n) is 5.33. The molecule has 0 bridgehead atoms. The minimum Gasteiger partial charge on any atom is -0.378 e. The van der Waals surface area contributed by atoms with Gasteiger partial charge in [0.25, 0.3) is 0 Å². The molecule has 0 aromatic carbocycles. The van der Waals surface area contributed by atoms with Crippen molar-refractivity contribution in [3.8, 4) is 0 Å². The van der Waals surface area contributed by atoms with E-state index in [2.05, 4.69) is 5.32 Å². The largest absolute Gasteiger partial charge is 0.471 e. The number of ether oxygens (including phenoxy) is 2. The van der Waals surface area contributed by atoms with Gasteiger partial charge >= 0.3 is 12.1 Å². The highest BCUT2D eigenvalue weighted by Crippen LogP contribution is 2.23. The van der Waals surface area contributed by atoms with E-state index < -0.39 is 12.1 Å². The lowest BCUT2D eigenvalue weighted by Crippen LogP contribution is -2.38. The molecular formula is C14H25F3N2O3. The van der Waals surface area contributed by atoms with Crippen LogP contribution in [-0.4, -0.2) is 58.1 Å². The maximum Gasteiger partial charge on any atom is 0.471 e. The van der Waals surface area contributed by atoms with E-state index in [4.69, 9.17) is 9.47 Å². The van der Waals surface area contributed by atoms with Gasteiger partial charge in [0.1, 0.15) is 0 Å². The number of carbonyl (C=O) groups is 1. The van der Waals surface area contributed by atoms with Crippen molar-refractivity contribution in [2.24, 2.45) is 5.92 Å². The predicted molar refractivity (Wildman–Crippen MR) is 75.5 cm³/mol. The van der Waals surface area contributed by atoms with Gasteiger partial charge in [0.05, 0.1) is 26.4 Å². The number of hydrogen-bond donors (Lipinski definition) is 2. The van der Waals surface area contributed by atoms with Crippen LogP contribution in [0.25, 0.3) is 0 Å². The Hall–Kier alpha value is -0.860. The fourth-order valence-electron chi connectivity index (χ4n) is 2.32. The molecule has 0 spiro atoms. The molecule has 130 valence electrons. The van der Waals surface area contributed by atoms with Crippen molar-refractivity contribution in [3.63, 3.8) is 0 Å². The molecule has 1 saturated carbocycles. The summed E-state index contributed by atoms with van der Waals surface area (Å²) >= 11 is 0. The molecule has 0 unspecified atom stereocenters. The van der Waals surface area contributed by atoms with E-state index in [1.165, 1.54) is 25.7 Å². The Morgan fingerprint density at radius 2 is 1.59 bits per heavy atom. The summed E-state index contributed by atoms with van der Waals surface area (Å²) in [6, 6.07) is 0.